The number of rotatable bonds is 1. The first-order valence-corrected chi connectivity index (χ1v) is 4.83. The monoisotopic (exact) mass is 212 g/mol. The molecule has 0 aliphatic heterocycles. The molecule has 78 valence electrons. The number of hydrogen-bond donors (Lipinski definition) is 0. The highest BCUT2D eigenvalue weighted by atomic mass is 19.1. The number of nitriles is 1. The van der Waals surface area contributed by atoms with Crippen LogP contribution in [0.15, 0.2) is 36.5 Å². The van der Waals surface area contributed by atoms with Crippen molar-refractivity contribution in [2.45, 2.75) is 6.92 Å². The maximum Gasteiger partial charge on any atom is 0.141 e. The van der Waals surface area contributed by atoms with Gasteiger partial charge in [-0.3, -0.25) is 4.98 Å². The Morgan fingerprint density at radius 2 is 1.94 bits per heavy atom. The molecule has 2 nitrogen and oxygen atoms in total. The fourth-order valence-electron chi connectivity index (χ4n) is 1.51. The number of hydrogen-bond acceptors (Lipinski definition) is 2. The summed E-state index contributed by atoms with van der Waals surface area (Å²) in [4.78, 5) is 4.08. The second-order valence-corrected chi connectivity index (χ2v) is 3.49. The zero-order valence-corrected chi connectivity index (χ0v) is 8.74. The number of nitrogens with zero attached hydrogens (tertiary/aromatic N) is 2. The minimum absolute atomic E-state index is 0.0644. The standard InChI is InChI=1S/C13H9FN2/c1-9-6-11(4-5-16-9)10-2-3-12(8-15)13(14)7-10/h2-7H,1H3. The molecule has 0 N–H and O–H groups in total. The predicted molar refractivity (Wildman–Crippen MR) is 59.1 cm³/mol. The van der Waals surface area contributed by atoms with Crippen molar-refractivity contribution in [3.63, 3.8) is 0 Å². The molecule has 16 heavy (non-hydrogen) atoms. The zero-order valence-electron chi connectivity index (χ0n) is 8.74. The molecule has 2 rings (SSSR count). The summed E-state index contributed by atoms with van der Waals surface area (Å²) in [5.74, 6) is -0.491. The lowest BCUT2D eigenvalue weighted by molar-refractivity contribution is 0.624. The van der Waals surface area contributed by atoms with E-state index in [4.69, 9.17) is 5.26 Å². The Bertz CT molecular complexity index is 570. The Morgan fingerprint density at radius 3 is 2.56 bits per heavy atom. The third-order valence-electron chi connectivity index (χ3n) is 2.32. The Kier molecular flexibility index (Phi) is 2.65. The molecule has 0 saturated heterocycles. The second-order valence-electron chi connectivity index (χ2n) is 3.49. The van der Waals surface area contributed by atoms with Crippen LogP contribution in [0.2, 0.25) is 0 Å². The molecule has 0 saturated carbocycles. The van der Waals surface area contributed by atoms with E-state index in [1.165, 1.54) is 12.1 Å². The molecule has 2 aromatic rings. The van der Waals surface area contributed by atoms with E-state index in [1.54, 1.807) is 18.3 Å². The van der Waals surface area contributed by atoms with Gasteiger partial charge in [0.1, 0.15) is 11.9 Å². The summed E-state index contributed by atoms with van der Waals surface area (Å²) in [6.07, 6.45) is 1.68. The molecule has 0 fully saturated rings. The lowest BCUT2D eigenvalue weighted by Crippen LogP contribution is -1.87. The third kappa shape index (κ3) is 1.91. The lowest BCUT2D eigenvalue weighted by Gasteiger charge is -2.03. The van der Waals surface area contributed by atoms with Crippen LogP contribution in [0.5, 0.6) is 0 Å². The number of halogens is 1. The summed E-state index contributed by atoms with van der Waals surface area (Å²) in [6, 6.07) is 10.1. The van der Waals surface area contributed by atoms with Gasteiger partial charge < -0.3 is 0 Å². The summed E-state index contributed by atoms with van der Waals surface area (Å²) in [5, 5.41) is 8.62. The molecule has 1 aromatic carbocycles. The van der Waals surface area contributed by atoms with Crippen LogP contribution >= 0.6 is 0 Å². The Labute approximate surface area is 93.0 Å². The molecule has 0 aliphatic carbocycles. The van der Waals surface area contributed by atoms with Crippen LogP contribution in [-0.4, -0.2) is 4.98 Å². The van der Waals surface area contributed by atoms with Crippen LogP contribution in [0, 0.1) is 24.1 Å². The van der Waals surface area contributed by atoms with Crippen molar-refractivity contribution < 1.29 is 4.39 Å². The fourth-order valence-corrected chi connectivity index (χ4v) is 1.51. The van der Waals surface area contributed by atoms with Gasteiger partial charge >= 0.3 is 0 Å². The molecular formula is C13H9FN2. The van der Waals surface area contributed by atoms with E-state index >= 15 is 0 Å². The Hall–Kier alpha value is -2.21. The van der Waals surface area contributed by atoms with Gasteiger partial charge in [0.05, 0.1) is 5.56 Å². The highest BCUT2D eigenvalue weighted by molar-refractivity contribution is 5.64. The van der Waals surface area contributed by atoms with E-state index < -0.39 is 5.82 Å². The molecular weight excluding hydrogens is 203 g/mol. The van der Waals surface area contributed by atoms with E-state index in [1.807, 2.05) is 19.1 Å². The largest absolute Gasteiger partial charge is 0.262 e. The third-order valence-corrected chi connectivity index (χ3v) is 2.32. The van der Waals surface area contributed by atoms with Gasteiger partial charge in [0.15, 0.2) is 0 Å². The van der Waals surface area contributed by atoms with Crippen LogP contribution in [0.1, 0.15) is 11.3 Å². The summed E-state index contributed by atoms with van der Waals surface area (Å²) in [7, 11) is 0. The molecule has 0 radical (unpaired) electrons. The van der Waals surface area contributed by atoms with Gasteiger partial charge in [-0.15, -0.1) is 0 Å². The molecule has 0 unspecified atom stereocenters. The van der Waals surface area contributed by atoms with Gasteiger partial charge in [-0.2, -0.15) is 5.26 Å². The SMILES string of the molecule is Cc1cc(-c2ccc(C#N)c(F)c2)ccn1. The maximum atomic E-state index is 13.4. The Balaban J connectivity index is 2.50. The van der Waals surface area contributed by atoms with Gasteiger partial charge in [0.2, 0.25) is 0 Å². The van der Waals surface area contributed by atoms with Gasteiger partial charge in [-0.25, -0.2) is 4.39 Å². The first kappa shape index (κ1) is 10.3. The van der Waals surface area contributed by atoms with Crippen LogP contribution in [-0.2, 0) is 0 Å². The first-order valence-electron chi connectivity index (χ1n) is 4.83. The summed E-state index contributed by atoms with van der Waals surface area (Å²) in [6.45, 7) is 1.88. The zero-order chi connectivity index (χ0) is 11.5. The second kappa shape index (κ2) is 4.11. The van der Waals surface area contributed by atoms with Gasteiger partial charge in [-0.1, -0.05) is 6.07 Å². The molecule has 3 heteroatoms. The number of pyridine rings is 1. The van der Waals surface area contributed by atoms with Crippen LogP contribution in [0.25, 0.3) is 11.1 Å². The molecule has 1 aromatic heterocycles. The molecule has 0 bridgehead atoms. The maximum absolute atomic E-state index is 13.4. The molecule has 0 amide bonds. The lowest BCUT2D eigenvalue weighted by atomic mass is 10.0. The van der Waals surface area contributed by atoms with Crippen LogP contribution in [0.3, 0.4) is 0 Å². The van der Waals surface area contributed by atoms with Gasteiger partial charge in [0, 0.05) is 11.9 Å². The number of benzene rings is 1. The van der Waals surface area contributed by atoms with E-state index in [2.05, 4.69) is 4.98 Å². The van der Waals surface area contributed by atoms with Gasteiger partial charge in [-0.05, 0) is 42.3 Å². The number of aromatic nitrogens is 1. The van der Waals surface area contributed by atoms with Crippen molar-refractivity contribution in [2.24, 2.45) is 0 Å². The average molecular weight is 212 g/mol. The van der Waals surface area contributed by atoms with Crippen molar-refractivity contribution in [1.82, 2.24) is 4.98 Å². The summed E-state index contributed by atoms with van der Waals surface area (Å²) < 4.78 is 13.4. The molecule has 0 atom stereocenters. The smallest absolute Gasteiger partial charge is 0.141 e. The number of aryl methyl sites for hydroxylation is 1. The van der Waals surface area contributed by atoms with E-state index in [9.17, 15) is 4.39 Å². The predicted octanol–water partition coefficient (Wildman–Crippen LogP) is 3.07. The van der Waals surface area contributed by atoms with Crippen LogP contribution in [0.4, 0.5) is 4.39 Å². The van der Waals surface area contributed by atoms with E-state index in [0.29, 0.717) is 0 Å². The van der Waals surface area contributed by atoms with Crippen molar-refractivity contribution in [1.29, 1.82) is 5.26 Å². The molecule has 1 heterocycles. The van der Waals surface area contributed by atoms with Crippen molar-refractivity contribution in [3.05, 3.63) is 53.6 Å². The fraction of sp³-hybridized carbons (Fsp3) is 0.0769. The topological polar surface area (TPSA) is 36.7 Å². The Morgan fingerprint density at radius 1 is 1.19 bits per heavy atom. The summed E-state index contributed by atoms with van der Waals surface area (Å²) >= 11 is 0. The van der Waals surface area contributed by atoms with Gasteiger partial charge in [0.25, 0.3) is 0 Å². The highest BCUT2D eigenvalue weighted by Gasteiger charge is 2.04. The van der Waals surface area contributed by atoms with Crippen molar-refractivity contribution >= 4 is 0 Å². The highest BCUT2D eigenvalue weighted by Crippen LogP contribution is 2.21. The molecule has 0 aliphatic rings. The minimum atomic E-state index is -0.491. The van der Waals surface area contributed by atoms with Crippen molar-refractivity contribution in [3.8, 4) is 17.2 Å². The first-order chi connectivity index (χ1) is 7.70. The average Bonchev–Trinajstić information content (AvgIpc) is 2.29. The van der Waals surface area contributed by atoms with Crippen molar-refractivity contribution in [2.75, 3.05) is 0 Å². The minimum Gasteiger partial charge on any atom is -0.262 e. The van der Waals surface area contributed by atoms with E-state index in [-0.39, 0.29) is 5.56 Å². The van der Waals surface area contributed by atoms with Crippen LogP contribution < -0.4 is 0 Å². The van der Waals surface area contributed by atoms with E-state index in [0.717, 1.165) is 16.8 Å². The molecule has 0 spiro atoms. The summed E-state index contributed by atoms with van der Waals surface area (Å²) in [5.41, 5.74) is 2.59. The quantitative estimate of drug-likeness (QED) is 0.728. The normalized spacial score (nSPS) is 9.81.